The van der Waals surface area contributed by atoms with Crippen molar-refractivity contribution in [3.8, 4) is 0 Å². The average Bonchev–Trinajstić information content (AvgIpc) is 3.15. The number of carbonyl (C=O) groups excluding carboxylic acids is 2. The third kappa shape index (κ3) is 36.7. The summed E-state index contributed by atoms with van der Waals surface area (Å²) >= 11 is 0. The lowest BCUT2D eigenvalue weighted by molar-refractivity contribution is -0.887. The van der Waals surface area contributed by atoms with Gasteiger partial charge in [0, 0.05) is 19.3 Å². The molecule has 0 spiro atoms. The summed E-state index contributed by atoms with van der Waals surface area (Å²) in [6, 6.07) is -0.622. The molecule has 2 unspecified atom stereocenters. The van der Waals surface area contributed by atoms with Crippen molar-refractivity contribution in [1.82, 2.24) is 0 Å². The minimum atomic E-state index is -0.883. The number of unbranched alkanes of at least 4 members (excludes halogenated alkanes) is 16. The Bertz CT molecular complexity index is 1100. The fourth-order valence-electron chi connectivity index (χ4n) is 6.21. The van der Waals surface area contributed by atoms with Crippen molar-refractivity contribution in [3.05, 3.63) is 60.8 Å². The molecule has 0 fully saturated rings. The standard InChI is InChI=1S/C48H83NO7/c1-6-8-10-12-14-16-18-20-21-22-23-24-25-26-27-29-31-33-35-37-39-47(51)56-44(42-54-41-40-45(48(52)53)49(3,4)5)43-55-46(50)38-36-34-32-30-28-19-17-15-13-11-9-7-2/h9,11,15-18,20-21,28,30,44-45H,6-8,10,12-14,19,22-27,29,31-43H2,1-5H3/p+1/b11-9+,17-15+,18-16+,21-20+,30-28+. The first-order valence-electron chi connectivity index (χ1n) is 22.3. The number of quaternary nitrogens is 1. The van der Waals surface area contributed by atoms with Crippen LogP contribution in [-0.4, -0.2) is 80.6 Å². The molecule has 0 aromatic carbocycles. The number of likely N-dealkylation sites (N-methyl/N-ethyl adjacent to an activating group) is 1. The van der Waals surface area contributed by atoms with Gasteiger partial charge >= 0.3 is 17.9 Å². The lowest BCUT2D eigenvalue weighted by atomic mass is 10.1. The van der Waals surface area contributed by atoms with Gasteiger partial charge in [0.25, 0.3) is 0 Å². The van der Waals surface area contributed by atoms with Gasteiger partial charge < -0.3 is 23.8 Å². The van der Waals surface area contributed by atoms with E-state index in [0.717, 1.165) is 57.8 Å². The van der Waals surface area contributed by atoms with E-state index >= 15 is 0 Å². The molecule has 0 saturated heterocycles. The number of nitrogens with zero attached hydrogens (tertiary/aromatic N) is 1. The summed E-state index contributed by atoms with van der Waals surface area (Å²) < 4.78 is 17.2. The molecule has 8 nitrogen and oxygen atoms in total. The van der Waals surface area contributed by atoms with Crippen molar-refractivity contribution < 1.29 is 38.2 Å². The second-order valence-electron chi connectivity index (χ2n) is 15.9. The molecule has 0 aliphatic carbocycles. The molecule has 0 aromatic heterocycles. The molecule has 0 rings (SSSR count). The summed E-state index contributed by atoms with van der Waals surface area (Å²) in [5.74, 6) is -1.53. The summed E-state index contributed by atoms with van der Waals surface area (Å²) in [6.45, 7) is 4.55. The van der Waals surface area contributed by atoms with Crippen molar-refractivity contribution in [2.24, 2.45) is 0 Å². The molecule has 0 heterocycles. The van der Waals surface area contributed by atoms with Crippen LogP contribution in [0.3, 0.4) is 0 Å². The SMILES string of the molecule is CC/C=C/C/C=C/C/C=C/CCCCC(=O)OCC(COCCC(C(=O)O)[N+](C)(C)C)OC(=O)CCCCCCCCCCCC/C=C/C=C/CCCCCC. The molecule has 0 amide bonds. The molecule has 0 aliphatic heterocycles. The summed E-state index contributed by atoms with van der Waals surface area (Å²) in [7, 11) is 5.51. The molecule has 0 aliphatic rings. The second kappa shape index (κ2) is 38.9. The van der Waals surface area contributed by atoms with Crippen LogP contribution in [0.15, 0.2) is 60.8 Å². The number of rotatable bonds is 39. The minimum Gasteiger partial charge on any atom is -0.477 e. The number of carboxylic acid groups (broad SMARTS) is 1. The number of aliphatic carboxylic acids is 1. The van der Waals surface area contributed by atoms with Crippen LogP contribution < -0.4 is 0 Å². The largest absolute Gasteiger partial charge is 0.477 e. The van der Waals surface area contributed by atoms with Crippen molar-refractivity contribution in [2.75, 3.05) is 41.0 Å². The van der Waals surface area contributed by atoms with E-state index in [1.807, 2.05) is 21.1 Å². The molecule has 0 saturated carbocycles. The van der Waals surface area contributed by atoms with Gasteiger partial charge in [-0.05, 0) is 70.6 Å². The van der Waals surface area contributed by atoms with Crippen LogP contribution in [-0.2, 0) is 28.6 Å². The van der Waals surface area contributed by atoms with Gasteiger partial charge in [-0.25, -0.2) is 4.79 Å². The maximum absolute atomic E-state index is 12.7. The van der Waals surface area contributed by atoms with Crippen molar-refractivity contribution in [3.63, 3.8) is 0 Å². The van der Waals surface area contributed by atoms with Gasteiger partial charge in [0.1, 0.15) is 6.61 Å². The third-order valence-electron chi connectivity index (χ3n) is 9.68. The van der Waals surface area contributed by atoms with E-state index in [0.29, 0.717) is 19.3 Å². The predicted molar refractivity (Wildman–Crippen MR) is 234 cm³/mol. The number of carboxylic acids is 1. The minimum absolute atomic E-state index is 0.0456. The van der Waals surface area contributed by atoms with Crippen molar-refractivity contribution >= 4 is 17.9 Å². The number of ether oxygens (including phenoxy) is 3. The highest BCUT2D eigenvalue weighted by molar-refractivity contribution is 5.72. The van der Waals surface area contributed by atoms with E-state index in [9.17, 15) is 19.5 Å². The van der Waals surface area contributed by atoms with Crippen LogP contribution in [0.1, 0.15) is 174 Å². The topological polar surface area (TPSA) is 99.1 Å². The van der Waals surface area contributed by atoms with Crippen LogP contribution in [0.5, 0.6) is 0 Å². The van der Waals surface area contributed by atoms with Gasteiger partial charge in [-0.2, -0.15) is 0 Å². The lowest BCUT2D eigenvalue weighted by Gasteiger charge is -2.31. The predicted octanol–water partition coefficient (Wildman–Crippen LogP) is 12.2. The molecule has 1 N–H and O–H groups in total. The molecule has 0 radical (unpaired) electrons. The maximum Gasteiger partial charge on any atom is 0.362 e. The fraction of sp³-hybridized carbons (Fsp3) is 0.729. The Kier molecular flexibility index (Phi) is 36.8. The zero-order chi connectivity index (χ0) is 41.4. The zero-order valence-corrected chi connectivity index (χ0v) is 36.6. The zero-order valence-electron chi connectivity index (χ0n) is 36.6. The van der Waals surface area contributed by atoms with E-state index in [1.54, 1.807) is 0 Å². The highest BCUT2D eigenvalue weighted by atomic mass is 16.6. The fourth-order valence-corrected chi connectivity index (χ4v) is 6.21. The molecule has 0 bridgehead atoms. The number of hydrogen-bond acceptors (Lipinski definition) is 6. The molecule has 8 heteroatoms. The third-order valence-corrected chi connectivity index (χ3v) is 9.68. The molecule has 0 aromatic rings. The summed E-state index contributed by atoms with van der Waals surface area (Å²) in [6.07, 6.45) is 47.0. The molecular weight excluding hydrogens is 703 g/mol. The van der Waals surface area contributed by atoms with Crippen LogP contribution >= 0.6 is 0 Å². The maximum atomic E-state index is 12.7. The Morgan fingerprint density at radius 1 is 0.571 bits per heavy atom. The van der Waals surface area contributed by atoms with Gasteiger partial charge in [0.2, 0.25) is 0 Å². The number of hydrogen-bond donors (Lipinski definition) is 1. The molecule has 56 heavy (non-hydrogen) atoms. The van der Waals surface area contributed by atoms with Gasteiger partial charge in [0.15, 0.2) is 12.1 Å². The Balaban J connectivity index is 4.34. The highest BCUT2D eigenvalue weighted by Gasteiger charge is 2.31. The van der Waals surface area contributed by atoms with Crippen molar-refractivity contribution in [1.29, 1.82) is 0 Å². The van der Waals surface area contributed by atoms with Gasteiger partial charge in [0.05, 0.1) is 34.4 Å². The van der Waals surface area contributed by atoms with E-state index < -0.39 is 18.1 Å². The Labute approximate surface area is 343 Å². The molecule has 322 valence electrons. The number of allylic oxidation sites excluding steroid dienone is 10. The first kappa shape index (κ1) is 53.0. The smallest absolute Gasteiger partial charge is 0.362 e. The number of carbonyl (C=O) groups is 3. The van der Waals surface area contributed by atoms with Gasteiger partial charge in [-0.15, -0.1) is 0 Å². The van der Waals surface area contributed by atoms with Crippen LogP contribution in [0.4, 0.5) is 0 Å². The molecule has 2 atom stereocenters. The first-order valence-corrected chi connectivity index (χ1v) is 22.3. The van der Waals surface area contributed by atoms with Gasteiger partial charge in [-0.1, -0.05) is 145 Å². The lowest BCUT2D eigenvalue weighted by Crippen LogP contribution is -2.50. The average molecular weight is 787 g/mol. The quantitative estimate of drug-likeness (QED) is 0.0218. The van der Waals surface area contributed by atoms with Crippen LogP contribution in [0.2, 0.25) is 0 Å². The van der Waals surface area contributed by atoms with Crippen molar-refractivity contribution in [2.45, 2.75) is 187 Å². The summed E-state index contributed by atoms with van der Waals surface area (Å²) in [5, 5.41) is 9.61. The van der Waals surface area contributed by atoms with Gasteiger partial charge in [-0.3, -0.25) is 9.59 Å². The summed E-state index contributed by atoms with van der Waals surface area (Å²) in [5.41, 5.74) is 0. The van der Waals surface area contributed by atoms with Crippen LogP contribution in [0, 0.1) is 0 Å². The number of esters is 2. The highest BCUT2D eigenvalue weighted by Crippen LogP contribution is 2.14. The van der Waals surface area contributed by atoms with E-state index in [1.165, 1.54) is 83.5 Å². The Morgan fingerprint density at radius 3 is 1.62 bits per heavy atom. The normalized spacial score (nSPS) is 13.5. The second-order valence-corrected chi connectivity index (χ2v) is 15.9. The first-order chi connectivity index (χ1) is 27.1. The van der Waals surface area contributed by atoms with E-state index in [4.69, 9.17) is 14.2 Å². The van der Waals surface area contributed by atoms with E-state index in [2.05, 4.69) is 74.6 Å². The monoisotopic (exact) mass is 787 g/mol. The summed E-state index contributed by atoms with van der Waals surface area (Å²) in [4.78, 5) is 36.9. The molecular formula is C48H84NO7+. The van der Waals surface area contributed by atoms with Crippen LogP contribution in [0.25, 0.3) is 0 Å². The Hall–Kier alpha value is -2.97. The Morgan fingerprint density at radius 2 is 1.05 bits per heavy atom. The van der Waals surface area contributed by atoms with E-state index in [-0.39, 0.29) is 36.2 Å².